The fourth-order valence-electron chi connectivity index (χ4n) is 3.94. The Morgan fingerprint density at radius 1 is 1.06 bits per heavy atom. The lowest BCUT2D eigenvalue weighted by molar-refractivity contribution is 0.0695. The van der Waals surface area contributed by atoms with E-state index < -0.39 is 39.8 Å². The number of nitrogens with zero attached hydrogens (tertiary/aromatic N) is 3. The third kappa shape index (κ3) is 4.05. The molecule has 6 nitrogen and oxygen atoms in total. The van der Waals surface area contributed by atoms with Crippen molar-refractivity contribution in [2.24, 2.45) is 0 Å². The SMILES string of the molecule is CCN1CCN(c2c(F)cc3c(=O)c(C(=O)O)cn(-c4ccc(F)cc4)c3c2F)CC1.Cl. The van der Waals surface area contributed by atoms with E-state index in [1.54, 1.807) is 4.90 Å². The first-order valence-corrected chi connectivity index (χ1v) is 9.85. The number of piperazine rings is 1. The van der Waals surface area contributed by atoms with Crippen LogP contribution in [-0.2, 0) is 0 Å². The monoisotopic (exact) mass is 467 g/mol. The molecular formula is C22H21ClF3N3O3. The summed E-state index contributed by atoms with van der Waals surface area (Å²) in [6.45, 7) is 4.92. The van der Waals surface area contributed by atoms with Gasteiger partial charge in [-0.25, -0.2) is 18.0 Å². The molecule has 1 aromatic heterocycles. The number of carboxylic acid groups (broad SMARTS) is 1. The van der Waals surface area contributed by atoms with Crippen molar-refractivity contribution in [3.63, 3.8) is 0 Å². The molecule has 4 rings (SSSR count). The second kappa shape index (κ2) is 9.22. The lowest BCUT2D eigenvalue weighted by Gasteiger charge is -2.36. The smallest absolute Gasteiger partial charge is 0.341 e. The largest absolute Gasteiger partial charge is 0.477 e. The molecule has 1 fully saturated rings. The molecule has 3 aromatic rings. The number of hydrogen-bond donors (Lipinski definition) is 1. The second-order valence-electron chi connectivity index (χ2n) is 7.36. The number of rotatable bonds is 4. The quantitative estimate of drug-likeness (QED) is 0.634. The van der Waals surface area contributed by atoms with Gasteiger partial charge < -0.3 is 19.5 Å². The van der Waals surface area contributed by atoms with Crippen molar-refractivity contribution in [2.45, 2.75) is 6.92 Å². The number of hydrogen-bond acceptors (Lipinski definition) is 4. The topological polar surface area (TPSA) is 65.8 Å². The van der Waals surface area contributed by atoms with Gasteiger partial charge in [0.05, 0.1) is 10.9 Å². The molecule has 1 N–H and O–H groups in total. The summed E-state index contributed by atoms with van der Waals surface area (Å²) in [5.74, 6) is -3.95. The first-order chi connectivity index (χ1) is 14.8. The minimum atomic E-state index is -1.52. The van der Waals surface area contributed by atoms with E-state index in [2.05, 4.69) is 4.90 Å². The number of benzene rings is 2. The van der Waals surface area contributed by atoms with Crippen LogP contribution in [0.25, 0.3) is 16.6 Å². The van der Waals surface area contributed by atoms with E-state index in [4.69, 9.17) is 0 Å². The van der Waals surface area contributed by atoms with E-state index in [-0.39, 0.29) is 29.3 Å². The predicted octanol–water partition coefficient (Wildman–Crippen LogP) is 3.67. The Morgan fingerprint density at radius 2 is 1.69 bits per heavy atom. The van der Waals surface area contributed by atoms with Crippen LogP contribution in [0, 0.1) is 17.5 Å². The third-order valence-corrected chi connectivity index (χ3v) is 5.63. The average Bonchev–Trinajstić information content (AvgIpc) is 2.75. The van der Waals surface area contributed by atoms with Crippen molar-refractivity contribution in [1.29, 1.82) is 0 Å². The maximum absolute atomic E-state index is 15.8. The van der Waals surface area contributed by atoms with E-state index in [0.717, 1.165) is 35.5 Å². The van der Waals surface area contributed by atoms with Gasteiger partial charge in [0.15, 0.2) is 5.82 Å². The summed E-state index contributed by atoms with van der Waals surface area (Å²) in [5.41, 5.74) is -1.90. The molecule has 1 saturated heterocycles. The minimum Gasteiger partial charge on any atom is -0.477 e. The number of likely N-dealkylation sites (N-methyl/N-ethyl adjacent to an activating group) is 1. The molecule has 0 atom stereocenters. The van der Waals surface area contributed by atoms with Crippen LogP contribution in [-0.4, -0.2) is 53.3 Å². The fourth-order valence-corrected chi connectivity index (χ4v) is 3.94. The number of fused-ring (bicyclic) bond motifs is 1. The molecule has 0 radical (unpaired) electrons. The summed E-state index contributed by atoms with van der Waals surface area (Å²) in [4.78, 5) is 28.0. The maximum Gasteiger partial charge on any atom is 0.341 e. The van der Waals surface area contributed by atoms with Gasteiger partial charge >= 0.3 is 5.97 Å². The molecule has 1 aliphatic heterocycles. The van der Waals surface area contributed by atoms with Crippen LogP contribution in [0.3, 0.4) is 0 Å². The van der Waals surface area contributed by atoms with Crippen molar-refractivity contribution in [3.05, 3.63) is 69.8 Å². The highest BCUT2D eigenvalue weighted by molar-refractivity contribution is 5.94. The van der Waals surface area contributed by atoms with Gasteiger partial charge in [-0.15, -0.1) is 12.4 Å². The van der Waals surface area contributed by atoms with Gasteiger partial charge in [-0.2, -0.15) is 0 Å². The normalized spacial score (nSPS) is 14.4. The van der Waals surface area contributed by atoms with Gasteiger partial charge in [-0.05, 0) is 36.9 Å². The molecule has 0 amide bonds. The Balaban J connectivity index is 0.00000289. The van der Waals surface area contributed by atoms with Gasteiger partial charge in [0.2, 0.25) is 5.43 Å². The zero-order valence-electron chi connectivity index (χ0n) is 17.1. The summed E-state index contributed by atoms with van der Waals surface area (Å²) in [7, 11) is 0. The van der Waals surface area contributed by atoms with Gasteiger partial charge in [-0.1, -0.05) is 6.92 Å². The maximum atomic E-state index is 15.8. The standard InChI is InChI=1S/C22H20F3N3O3.ClH/c1-2-26-7-9-27(10-8-26)20-17(24)11-15-19(18(20)25)28(12-16(21(15)29)22(30)31)14-5-3-13(23)4-6-14;/h3-6,11-12H,2,7-10H2,1H3,(H,30,31);1H. The van der Waals surface area contributed by atoms with Crippen molar-refractivity contribution in [2.75, 3.05) is 37.6 Å². The summed E-state index contributed by atoms with van der Waals surface area (Å²) in [6.07, 6.45) is 0.986. The number of anilines is 1. The van der Waals surface area contributed by atoms with E-state index >= 15 is 8.78 Å². The molecule has 0 unspecified atom stereocenters. The molecule has 170 valence electrons. The highest BCUT2D eigenvalue weighted by Crippen LogP contribution is 2.32. The number of aromatic nitrogens is 1. The minimum absolute atomic E-state index is 0. The van der Waals surface area contributed by atoms with Crippen LogP contribution in [0.4, 0.5) is 18.9 Å². The van der Waals surface area contributed by atoms with Crippen molar-refractivity contribution >= 4 is 35.0 Å². The Morgan fingerprint density at radius 3 is 2.25 bits per heavy atom. The molecular weight excluding hydrogens is 447 g/mol. The molecule has 0 bridgehead atoms. The molecule has 0 spiro atoms. The van der Waals surface area contributed by atoms with Crippen LogP contribution in [0.2, 0.25) is 0 Å². The predicted molar refractivity (Wildman–Crippen MR) is 118 cm³/mol. The molecule has 0 saturated carbocycles. The van der Waals surface area contributed by atoms with Crippen molar-refractivity contribution < 1.29 is 23.1 Å². The second-order valence-corrected chi connectivity index (χ2v) is 7.36. The molecule has 2 aromatic carbocycles. The van der Waals surface area contributed by atoms with E-state index in [0.29, 0.717) is 26.2 Å². The molecule has 10 heteroatoms. The van der Waals surface area contributed by atoms with Crippen molar-refractivity contribution in [3.8, 4) is 5.69 Å². The zero-order chi connectivity index (χ0) is 22.3. The Bertz CT molecular complexity index is 1220. The van der Waals surface area contributed by atoms with E-state index in [9.17, 15) is 19.1 Å². The Hall–Kier alpha value is -3.04. The van der Waals surface area contributed by atoms with Gasteiger partial charge in [0, 0.05) is 38.1 Å². The van der Waals surface area contributed by atoms with Gasteiger partial charge in [0.1, 0.15) is 22.9 Å². The molecule has 0 aliphatic carbocycles. The first-order valence-electron chi connectivity index (χ1n) is 9.85. The van der Waals surface area contributed by atoms with Gasteiger partial charge in [0.25, 0.3) is 0 Å². The number of carbonyl (C=O) groups is 1. The van der Waals surface area contributed by atoms with E-state index in [1.165, 1.54) is 12.1 Å². The Kier molecular flexibility index (Phi) is 6.80. The lowest BCUT2D eigenvalue weighted by Crippen LogP contribution is -2.46. The number of carboxylic acids is 1. The number of pyridine rings is 1. The van der Waals surface area contributed by atoms with Crippen LogP contribution < -0.4 is 10.3 Å². The molecule has 32 heavy (non-hydrogen) atoms. The van der Waals surface area contributed by atoms with Crippen LogP contribution >= 0.6 is 12.4 Å². The van der Waals surface area contributed by atoms with E-state index in [1.807, 2.05) is 6.92 Å². The van der Waals surface area contributed by atoms with Crippen LogP contribution in [0.1, 0.15) is 17.3 Å². The summed E-state index contributed by atoms with van der Waals surface area (Å²) in [6, 6.07) is 5.80. The number of halogens is 4. The summed E-state index contributed by atoms with van der Waals surface area (Å²) in [5, 5.41) is 9.02. The summed E-state index contributed by atoms with van der Waals surface area (Å²) >= 11 is 0. The Labute approximate surface area is 187 Å². The number of aromatic carboxylic acids is 1. The average molecular weight is 468 g/mol. The fraction of sp³-hybridized carbons (Fsp3) is 0.273. The van der Waals surface area contributed by atoms with Crippen LogP contribution in [0.15, 0.2) is 41.3 Å². The third-order valence-electron chi connectivity index (χ3n) is 5.63. The molecule has 2 heterocycles. The van der Waals surface area contributed by atoms with Crippen molar-refractivity contribution in [1.82, 2.24) is 9.47 Å². The zero-order valence-corrected chi connectivity index (χ0v) is 18.0. The first kappa shape index (κ1) is 23.6. The highest BCUT2D eigenvalue weighted by atomic mass is 35.5. The molecule has 1 aliphatic rings. The lowest BCUT2D eigenvalue weighted by atomic mass is 10.1. The van der Waals surface area contributed by atoms with Gasteiger partial charge in [-0.3, -0.25) is 4.79 Å². The van der Waals surface area contributed by atoms with Crippen LogP contribution in [0.5, 0.6) is 0 Å². The highest BCUT2D eigenvalue weighted by Gasteiger charge is 2.27. The summed E-state index contributed by atoms with van der Waals surface area (Å²) < 4.78 is 45.3.